The van der Waals surface area contributed by atoms with E-state index in [4.69, 9.17) is 9.47 Å². The van der Waals surface area contributed by atoms with Gasteiger partial charge in [-0.1, -0.05) is 62.7 Å². The number of para-hydroxylation sites is 1. The predicted octanol–water partition coefficient (Wildman–Crippen LogP) is 4.75. The minimum atomic E-state index is -3.91. The molecule has 3 aromatic carbocycles. The minimum Gasteiger partial charge on any atom is -0.491 e. The van der Waals surface area contributed by atoms with E-state index in [0.29, 0.717) is 11.4 Å². The Hall–Kier alpha value is -3.52. The van der Waals surface area contributed by atoms with Crippen LogP contribution in [-0.2, 0) is 20.2 Å². The van der Waals surface area contributed by atoms with Crippen molar-refractivity contribution in [2.75, 3.05) is 24.0 Å². The molecule has 0 saturated heterocycles. The van der Waals surface area contributed by atoms with Gasteiger partial charge in [0, 0.05) is 0 Å². The molecular formula is C29H34N2O5S. The first-order chi connectivity index (χ1) is 17.5. The Morgan fingerprint density at radius 1 is 1.03 bits per heavy atom. The van der Waals surface area contributed by atoms with E-state index in [1.807, 2.05) is 44.2 Å². The van der Waals surface area contributed by atoms with Crippen LogP contribution in [0.15, 0.2) is 71.6 Å². The van der Waals surface area contributed by atoms with Crippen LogP contribution in [0, 0.1) is 13.8 Å². The number of fused-ring (bicyclic) bond motifs is 1. The van der Waals surface area contributed by atoms with Gasteiger partial charge < -0.3 is 14.8 Å². The lowest BCUT2D eigenvalue weighted by Gasteiger charge is -2.35. The highest BCUT2D eigenvalue weighted by Crippen LogP contribution is 2.38. The molecule has 0 unspecified atom stereocenters. The predicted molar refractivity (Wildman–Crippen MR) is 145 cm³/mol. The first-order valence-corrected chi connectivity index (χ1v) is 13.8. The van der Waals surface area contributed by atoms with Crippen molar-refractivity contribution in [2.45, 2.75) is 51.0 Å². The molecule has 0 saturated carbocycles. The van der Waals surface area contributed by atoms with Crippen molar-refractivity contribution >= 4 is 21.6 Å². The fraction of sp³-hybridized carbons (Fsp3) is 0.345. The number of nitrogens with one attached hydrogen (secondary N) is 1. The van der Waals surface area contributed by atoms with Crippen LogP contribution in [0.3, 0.4) is 0 Å². The molecule has 7 nitrogen and oxygen atoms in total. The number of aryl methyl sites for hydroxylation is 2. The lowest BCUT2D eigenvalue weighted by molar-refractivity contribution is -0.127. The molecule has 0 radical (unpaired) electrons. The van der Waals surface area contributed by atoms with Crippen LogP contribution in [0.5, 0.6) is 11.5 Å². The molecule has 0 aromatic heterocycles. The molecule has 1 amide bonds. The molecule has 196 valence electrons. The van der Waals surface area contributed by atoms with Gasteiger partial charge in [0.05, 0.1) is 23.7 Å². The lowest BCUT2D eigenvalue weighted by Crippen LogP contribution is -2.51. The average Bonchev–Trinajstić information content (AvgIpc) is 2.85. The molecule has 1 aliphatic heterocycles. The van der Waals surface area contributed by atoms with Gasteiger partial charge in [0.25, 0.3) is 15.9 Å². The van der Waals surface area contributed by atoms with Gasteiger partial charge >= 0.3 is 0 Å². The van der Waals surface area contributed by atoms with Gasteiger partial charge in [0.15, 0.2) is 6.10 Å². The zero-order valence-corrected chi connectivity index (χ0v) is 22.8. The van der Waals surface area contributed by atoms with Gasteiger partial charge in [-0.25, -0.2) is 8.42 Å². The van der Waals surface area contributed by atoms with Crippen LogP contribution in [0.25, 0.3) is 0 Å². The number of benzene rings is 3. The van der Waals surface area contributed by atoms with Crippen LogP contribution >= 0.6 is 0 Å². The van der Waals surface area contributed by atoms with Gasteiger partial charge in [0.1, 0.15) is 18.1 Å². The highest BCUT2D eigenvalue weighted by atomic mass is 32.2. The number of carbonyl (C=O) groups is 1. The molecule has 1 heterocycles. The summed E-state index contributed by atoms with van der Waals surface area (Å²) in [5.41, 5.74) is 3.28. The Kier molecular flexibility index (Phi) is 7.50. The molecular weight excluding hydrogens is 488 g/mol. The number of carbonyl (C=O) groups excluding carboxylic acids is 1. The standard InChI is InChI=1S/C29H34N2O5S/c1-20-10-13-22(14-11-20)37(33,34)31-19-27(36-26-15-12-21(2)18-24(26)31)28(32)30-16-17-35-25-9-7-6-8-23(25)29(3,4)5/h6-15,18,27H,16-17,19H2,1-5H3,(H,30,32)/t27-/m0/s1. The van der Waals surface area contributed by atoms with E-state index in [0.717, 1.165) is 22.4 Å². The molecule has 1 N–H and O–H groups in total. The fourth-order valence-corrected chi connectivity index (χ4v) is 5.69. The third kappa shape index (κ3) is 5.91. The molecule has 4 rings (SSSR count). The van der Waals surface area contributed by atoms with E-state index in [2.05, 4.69) is 26.1 Å². The molecule has 1 aliphatic rings. The second kappa shape index (κ2) is 10.5. The van der Waals surface area contributed by atoms with E-state index in [1.165, 1.54) is 4.31 Å². The lowest BCUT2D eigenvalue weighted by atomic mass is 9.86. The summed E-state index contributed by atoms with van der Waals surface area (Å²) >= 11 is 0. The van der Waals surface area contributed by atoms with Crippen LogP contribution < -0.4 is 19.1 Å². The Balaban J connectivity index is 1.48. The summed E-state index contributed by atoms with van der Waals surface area (Å²) in [6.45, 7) is 10.5. The number of rotatable bonds is 7. The number of ether oxygens (including phenoxy) is 2. The highest BCUT2D eigenvalue weighted by molar-refractivity contribution is 7.92. The van der Waals surface area contributed by atoms with Crippen LogP contribution in [0.4, 0.5) is 5.69 Å². The summed E-state index contributed by atoms with van der Waals surface area (Å²) in [5, 5.41) is 2.83. The van der Waals surface area contributed by atoms with E-state index in [1.54, 1.807) is 36.4 Å². The summed E-state index contributed by atoms with van der Waals surface area (Å²) < 4.78 is 40.3. The van der Waals surface area contributed by atoms with Crippen molar-refractivity contribution in [3.8, 4) is 11.5 Å². The first-order valence-electron chi connectivity index (χ1n) is 12.3. The van der Waals surface area contributed by atoms with Gasteiger partial charge in [0.2, 0.25) is 0 Å². The molecule has 1 atom stereocenters. The normalized spacial score (nSPS) is 15.5. The van der Waals surface area contributed by atoms with Crippen molar-refractivity contribution in [3.63, 3.8) is 0 Å². The maximum atomic E-state index is 13.6. The quantitative estimate of drug-likeness (QED) is 0.453. The maximum absolute atomic E-state index is 13.6. The Morgan fingerprint density at radius 3 is 2.41 bits per heavy atom. The SMILES string of the molecule is Cc1ccc(S(=O)(=O)N2C[C@@H](C(=O)NCCOc3ccccc3C(C)(C)C)Oc3ccc(C)cc32)cc1. The molecule has 0 bridgehead atoms. The van der Waals surface area contributed by atoms with E-state index in [9.17, 15) is 13.2 Å². The smallest absolute Gasteiger partial charge is 0.264 e. The van der Waals surface area contributed by atoms with Crippen molar-refractivity contribution in [3.05, 3.63) is 83.4 Å². The zero-order valence-electron chi connectivity index (χ0n) is 21.9. The number of hydrogen-bond donors (Lipinski definition) is 1. The van der Waals surface area contributed by atoms with E-state index >= 15 is 0 Å². The summed E-state index contributed by atoms with van der Waals surface area (Å²) in [6.07, 6.45) is -1.00. The van der Waals surface area contributed by atoms with Crippen molar-refractivity contribution in [1.29, 1.82) is 0 Å². The molecule has 0 fully saturated rings. The third-order valence-corrected chi connectivity index (χ3v) is 8.03. The van der Waals surface area contributed by atoms with Gasteiger partial charge in [-0.15, -0.1) is 0 Å². The Morgan fingerprint density at radius 2 is 1.70 bits per heavy atom. The summed E-state index contributed by atoms with van der Waals surface area (Å²) in [5.74, 6) is 0.726. The van der Waals surface area contributed by atoms with E-state index in [-0.39, 0.29) is 30.0 Å². The number of nitrogens with zero attached hydrogens (tertiary/aromatic N) is 1. The van der Waals surface area contributed by atoms with Crippen LogP contribution in [0.1, 0.15) is 37.5 Å². The molecule has 8 heteroatoms. The Bertz CT molecular complexity index is 1380. The average molecular weight is 523 g/mol. The topological polar surface area (TPSA) is 84.9 Å². The second-order valence-corrected chi connectivity index (χ2v) is 12.2. The minimum absolute atomic E-state index is 0.0755. The largest absolute Gasteiger partial charge is 0.491 e. The van der Waals surface area contributed by atoms with Crippen molar-refractivity contribution in [1.82, 2.24) is 5.32 Å². The molecule has 0 spiro atoms. The molecule has 0 aliphatic carbocycles. The summed E-state index contributed by atoms with van der Waals surface area (Å²) in [4.78, 5) is 13.2. The van der Waals surface area contributed by atoms with Gasteiger partial charge in [-0.3, -0.25) is 9.10 Å². The van der Waals surface area contributed by atoms with Crippen molar-refractivity contribution in [2.24, 2.45) is 0 Å². The number of hydrogen-bond acceptors (Lipinski definition) is 5. The number of amides is 1. The van der Waals surface area contributed by atoms with Gasteiger partial charge in [-0.05, 0) is 60.7 Å². The fourth-order valence-electron chi connectivity index (χ4n) is 4.22. The number of sulfonamides is 1. The molecule has 37 heavy (non-hydrogen) atoms. The first kappa shape index (κ1) is 26.5. The monoisotopic (exact) mass is 522 g/mol. The van der Waals surface area contributed by atoms with Crippen molar-refractivity contribution < 1.29 is 22.7 Å². The maximum Gasteiger partial charge on any atom is 0.264 e. The highest BCUT2D eigenvalue weighted by Gasteiger charge is 2.37. The number of anilines is 1. The summed E-state index contributed by atoms with van der Waals surface area (Å²) in [7, 11) is -3.91. The van der Waals surface area contributed by atoms with Crippen LogP contribution in [-0.4, -0.2) is 40.1 Å². The molecule has 3 aromatic rings. The zero-order chi connectivity index (χ0) is 26.8. The third-order valence-electron chi connectivity index (χ3n) is 6.24. The summed E-state index contributed by atoms with van der Waals surface area (Å²) in [6, 6.07) is 19.8. The van der Waals surface area contributed by atoms with Crippen LogP contribution in [0.2, 0.25) is 0 Å². The second-order valence-electron chi connectivity index (χ2n) is 10.3. The van der Waals surface area contributed by atoms with E-state index < -0.39 is 22.0 Å². The Labute approximate surface area is 219 Å². The van der Waals surface area contributed by atoms with Gasteiger partial charge in [-0.2, -0.15) is 0 Å².